The molecule has 2 nitrogen and oxygen atoms in total. The fraction of sp³-hybridized carbons (Fsp3) is 1.00. The number of nitrogens with zero attached hydrogens (tertiary/aromatic N) is 2. The molecule has 0 aliphatic carbocycles. The summed E-state index contributed by atoms with van der Waals surface area (Å²) in [6, 6.07) is 0.776. The van der Waals surface area contributed by atoms with Crippen LogP contribution in [0.4, 0.5) is 0 Å². The maximum Gasteiger partial charge on any atom is 0.0351 e. The predicted molar refractivity (Wildman–Crippen MR) is 58.5 cm³/mol. The maximum atomic E-state index is 5.70. The second-order valence-corrected chi connectivity index (χ2v) is 4.25. The molecule has 1 atom stereocenters. The van der Waals surface area contributed by atoms with Crippen LogP contribution in [0.15, 0.2) is 0 Å². The van der Waals surface area contributed by atoms with Crippen LogP contribution in [0.25, 0.3) is 0 Å². The molecule has 1 aliphatic heterocycles. The van der Waals surface area contributed by atoms with E-state index < -0.39 is 0 Å². The number of rotatable bonds is 5. The summed E-state index contributed by atoms with van der Waals surface area (Å²) in [5, 5.41) is 0. The Labute approximate surface area is 86.8 Å². The predicted octanol–water partition coefficient (Wildman–Crippen LogP) is 1.64. The highest BCUT2D eigenvalue weighted by Crippen LogP contribution is 2.16. The van der Waals surface area contributed by atoms with Gasteiger partial charge >= 0.3 is 0 Å². The van der Waals surface area contributed by atoms with Crippen LogP contribution in [0.3, 0.4) is 0 Å². The number of alkyl halides is 1. The minimum absolute atomic E-state index is 0.745. The van der Waals surface area contributed by atoms with E-state index in [0.717, 1.165) is 18.5 Å². The normalized spacial score (nSPS) is 24.5. The van der Waals surface area contributed by atoms with Crippen LogP contribution < -0.4 is 0 Å². The standard InChI is InChI=1S/C10H21ClN2/c1-3-13-7-4-5-10(13)9-12(2)8-6-11/h10H,3-9H2,1-2H3. The number of halogens is 1. The zero-order chi connectivity index (χ0) is 9.68. The van der Waals surface area contributed by atoms with Crippen LogP contribution in [0.5, 0.6) is 0 Å². The summed E-state index contributed by atoms with van der Waals surface area (Å²) in [4.78, 5) is 4.91. The van der Waals surface area contributed by atoms with E-state index in [9.17, 15) is 0 Å². The molecular weight excluding hydrogens is 184 g/mol. The van der Waals surface area contributed by atoms with Gasteiger partial charge in [0.1, 0.15) is 0 Å². The Morgan fingerprint density at radius 2 is 2.31 bits per heavy atom. The van der Waals surface area contributed by atoms with E-state index >= 15 is 0 Å². The Morgan fingerprint density at radius 3 is 2.92 bits per heavy atom. The SMILES string of the molecule is CCN1CCCC1CN(C)CCCl. The van der Waals surface area contributed by atoms with Crippen molar-refractivity contribution in [1.82, 2.24) is 9.80 Å². The van der Waals surface area contributed by atoms with Crippen molar-refractivity contribution in [1.29, 1.82) is 0 Å². The van der Waals surface area contributed by atoms with Gasteiger partial charge in [0.25, 0.3) is 0 Å². The Hall–Kier alpha value is 0.210. The summed E-state index contributed by atoms with van der Waals surface area (Å²) in [7, 11) is 2.16. The average molecular weight is 205 g/mol. The van der Waals surface area contributed by atoms with Gasteiger partial charge in [-0.1, -0.05) is 6.92 Å². The lowest BCUT2D eigenvalue weighted by molar-refractivity contribution is 0.204. The minimum atomic E-state index is 0.745. The molecule has 0 saturated carbocycles. The molecule has 13 heavy (non-hydrogen) atoms. The van der Waals surface area contributed by atoms with E-state index in [-0.39, 0.29) is 0 Å². The monoisotopic (exact) mass is 204 g/mol. The quantitative estimate of drug-likeness (QED) is 0.629. The molecule has 0 aromatic heterocycles. The van der Waals surface area contributed by atoms with E-state index in [1.54, 1.807) is 0 Å². The number of likely N-dealkylation sites (tertiary alicyclic amines) is 1. The van der Waals surface area contributed by atoms with Gasteiger partial charge in [-0.2, -0.15) is 0 Å². The minimum Gasteiger partial charge on any atom is -0.304 e. The second-order valence-electron chi connectivity index (χ2n) is 3.88. The van der Waals surface area contributed by atoms with Gasteiger partial charge in [-0.05, 0) is 33.0 Å². The molecule has 1 unspecified atom stereocenters. The fourth-order valence-corrected chi connectivity index (χ4v) is 2.40. The lowest BCUT2D eigenvalue weighted by Crippen LogP contribution is -2.39. The molecule has 0 amide bonds. The zero-order valence-electron chi connectivity index (χ0n) is 8.80. The Balaban J connectivity index is 2.26. The van der Waals surface area contributed by atoms with Gasteiger partial charge in [0.05, 0.1) is 0 Å². The molecular formula is C10H21ClN2. The van der Waals surface area contributed by atoms with Crippen LogP contribution >= 0.6 is 11.6 Å². The van der Waals surface area contributed by atoms with E-state index in [0.29, 0.717) is 0 Å². The molecule has 0 aromatic carbocycles. The first-order valence-electron chi connectivity index (χ1n) is 5.26. The summed E-state index contributed by atoms with van der Waals surface area (Å²) in [6.07, 6.45) is 2.73. The first-order chi connectivity index (χ1) is 6.27. The van der Waals surface area contributed by atoms with Crippen molar-refractivity contribution in [2.24, 2.45) is 0 Å². The molecule has 0 bridgehead atoms. The fourth-order valence-electron chi connectivity index (χ4n) is 2.11. The lowest BCUT2D eigenvalue weighted by atomic mass is 10.2. The molecule has 1 fully saturated rings. The van der Waals surface area contributed by atoms with E-state index in [1.807, 2.05) is 0 Å². The molecule has 1 saturated heterocycles. The third-order valence-corrected chi connectivity index (χ3v) is 3.06. The third-order valence-electron chi connectivity index (χ3n) is 2.89. The lowest BCUT2D eigenvalue weighted by Gasteiger charge is -2.27. The molecule has 1 rings (SSSR count). The number of hydrogen-bond acceptors (Lipinski definition) is 2. The van der Waals surface area contributed by atoms with Crippen LogP contribution in [0.2, 0.25) is 0 Å². The van der Waals surface area contributed by atoms with Gasteiger partial charge in [0.2, 0.25) is 0 Å². The molecule has 0 radical (unpaired) electrons. The van der Waals surface area contributed by atoms with Crippen LogP contribution in [-0.4, -0.2) is 54.9 Å². The molecule has 0 N–H and O–H groups in total. The smallest absolute Gasteiger partial charge is 0.0351 e. The van der Waals surface area contributed by atoms with Gasteiger partial charge in [-0.25, -0.2) is 0 Å². The van der Waals surface area contributed by atoms with Crippen molar-refractivity contribution >= 4 is 11.6 Å². The van der Waals surface area contributed by atoms with Gasteiger partial charge in [-0.3, -0.25) is 4.90 Å². The summed E-state index contributed by atoms with van der Waals surface area (Å²) < 4.78 is 0. The Bertz CT molecular complexity index is 141. The first kappa shape index (κ1) is 11.3. The number of hydrogen-bond donors (Lipinski definition) is 0. The van der Waals surface area contributed by atoms with E-state index in [2.05, 4.69) is 23.8 Å². The summed E-state index contributed by atoms with van der Waals surface area (Å²) >= 11 is 5.70. The topological polar surface area (TPSA) is 6.48 Å². The highest BCUT2D eigenvalue weighted by Gasteiger charge is 2.23. The van der Waals surface area contributed by atoms with Crippen molar-refractivity contribution in [2.75, 3.05) is 39.1 Å². The Morgan fingerprint density at radius 1 is 1.54 bits per heavy atom. The van der Waals surface area contributed by atoms with Crippen LogP contribution in [0, 0.1) is 0 Å². The Kier molecular flexibility index (Phi) is 5.07. The van der Waals surface area contributed by atoms with Gasteiger partial charge in [0.15, 0.2) is 0 Å². The molecule has 78 valence electrons. The van der Waals surface area contributed by atoms with Crippen LogP contribution in [-0.2, 0) is 0 Å². The van der Waals surface area contributed by atoms with Crippen molar-refractivity contribution in [2.45, 2.75) is 25.8 Å². The van der Waals surface area contributed by atoms with Crippen molar-refractivity contribution in [3.05, 3.63) is 0 Å². The molecule has 0 aromatic rings. The van der Waals surface area contributed by atoms with Gasteiger partial charge in [0, 0.05) is 25.0 Å². The zero-order valence-corrected chi connectivity index (χ0v) is 9.56. The van der Waals surface area contributed by atoms with Crippen LogP contribution in [0.1, 0.15) is 19.8 Å². The summed E-state index contributed by atoms with van der Waals surface area (Å²) in [5.74, 6) is 0.745. The second kappa shape index (κ2) is 5.84. The molecule has 1 aliphatic rings. The van der Waals surface area contributed by atoms with Gasteiger partial charge in [-0.15, -0.1) is 11.6 Å². The van der Waals surface area contributed by atoms with Crippen molar-refractivity contribution in [3.8, 4) is 0 Å². The van der Waals surface area contributed by atoms with E-state index in [4.69, 9.17) is 11.6 Å². The summed E-state index contributed by atoms with van der Waals surface area (Å²) in [5.41, 5.74) is 0. The summed E-state index contributed by atoms with van der Waals surface area (Å²) in [6.45, 7) is 6.92. The van der Waals surface area contributed by atoms with Gasteiger partial charge < -0.3 is 4.90 Å². The van der Waals surface area contributed by atoms with Crippen molar-refractivity contribution < 1.29 is 0 Å². The van der Waals surface area contributed by atoms with E-state index in [1.165, 1.54) is 32.5 Å². The molecule has 3 heteroatoms. The maximum absolute atomic E-state index is 5.70. The highest BCUT2D eigenvalue weighted by atomic mass is 35.5. The third kappa shape index (κ3) is 3.45. The molecule has 1 heterocycles. The number of likely N-dealkylation sites (N-methyl/N-ethyl adjacent to an activating group) is 2. The average Bonchev–Trinajstić information content (AvgIpc) is 2.52. The highest BCUT2D eigenvalue weighted by molar-refractivity contribution is 6.18. The first-order valence-corrected chi connectivity index (χ1v) is 5.80. The van der Waals surface area contributed by atoms with Crippen molar-refractivity contribution in [3.63, 3.8) is 0 Å². The largest absolute Gasteiger partial charge is 0.304 e. The molecule has 0 spiro atoms.